The Morgan fingerprint density at radius 2 is 1.95 bits per heavy atom. The summed E-state index contributed by atoms with van der Waals surface area (Å²) in [7, 11) is 0. The Hall–Kier alpha value is -1.04. The number of benzene rings is 1. The maximum Gasteiger partial charge on any atom is 0.253 e. The quantitative estimate of drug-likeness (QED) is 0.824. The lowest BCUT2D eigenvalue weighted by atomic mass is 10.1. The molecule has 1 heterocycles. The van der Waals surface area contributed by atoms with Gasteiger partial charge >= 0.3 is 0 Å². The van der Waals surface area contributed by atoms with Gasteiger partial charge in [0.15, 0.2) is 0 Å². The highest BCUT2D eigenvalue weighted by molar-refractivity contribution is 7.80. The first kappa shape index (κ1) is 14.4. The molecule has 0 radical (unpaired) electrons. The molecule has 0 atom stereocenters. The highest BCUT2D eigenvalue weighted by Gasteiger charge is 2.23. The third-order valence-corrected chi connectivity index (χ3v) is 3.59. The SMILES string of the molecule is O=C(c1ccc(S)cc1)N1CCC(OCCO)CC1. The van der Waals surface area contributed by atoms with E-state index in [0.717, 1.165) is 17.7 Å². The first-order chi connectivity index (χ1) is 9.20. The average Bonchev–Trinajstić information content (AvgIpc) is 2.46. The van der Waals surface area contributed by atoms with Crippen LogP contribution in [-0.4, -0.2) is 48.3 Å². The Balaban J connectivity index is 1.87. The molecule has 1 aliphatic rings. The predicted molar refractivity (Wildman–Crippen MR) is 75.7 cm³/mol. The van der Waals surface area contributed by atoms with Crippen molar-refractivity contribution in [3.8, 4) is 0 Å². The highest BCUT2D eigenvalue weighted by Crippen LogP contribution is 2.17. The van der Waals surface area contributed by atoms with Gasteiger partial charge in [0.1, 0.15) is 0 Å². The van der Waals surface area contributed by atoms with Gasteiger partial charge in [-0.05, 0) is 37.1 Å². The zero-order valence-corrected chi connectivity index (χ0v) is 11.7. The Labute approximate surface area is 118 Å². The molecule has 104 valence electrons. The van der Waals surface area contributed by atoms with Crippen LogP contribution in [0.5, 0.6) is 0 Å². The average molecular weight is 281 g/mol. The number of carbonyl (C=O) groups is 1. The van der Waals surface area contributed by atoms with E-state index >= 15 is 0 Å². The topological polar surface area (TPSA) is 49.8 Å². The van der Waals surface area contributed by atoms with Crippen LogP contribution >= 0.6 is 12.6 Å². The van der Waals surface area contributed by atoms with E-state index < -0.39 is 0 Å². The van der Waals surface area contributed by atoms with Gasteiger partial charge in [0.05, 0.1) is 19.3 Å². The summed E-state index contributed by atoms with van der Waals surface area (Å²) in [4.78, 5) is 15.0. The van der Waals surface area contributed by atoms with Gasteiger partial charge in [-0.15, -0.1) is 12.6 Å². The van der Waals surface area contributed by atoms with Crippen LogP contribution in [0.1, 0.15) is 23.2 Å². The number of aliphatic hydroxyl groups excluding tert-OH is 1. The van der Waals surface area contributed by atoms with Gasteiger partial charge in [0.2, 0.25) is 0 Å². The molecule has 0 bridgehead atoms. The van der Waals surface area contributed by atoms with Gasteiger partial charge < -0.3 is 14.7 Å². The van der Waals surface area contributed by atoms with Crippen molar-refractivity contribution < 1.29 is 14.6 Å². The molecule has 1 saturated heterocycles. The molecule has 1 fully saturated rings. The second-order valence-electron chi connectivity index (χ2n) is 4.63. The predicted octanol–water partition coefficient (Wildman–Crippen LogP) is 1.59. The summed E-state index contributed by atoms with van der Waals surface area (Å²) >= 11 is 4.21. The maximum atomic E-state index is 12.3. The summed E-state index contributed by atoms with van der Waals surface area (Å²) < 4.78 is 5.48. The number of piperidine rings is 1. The minimum Gasteiger partial charge on any atom is -0.394 e. The number of aliphatic hydroxyl groups is 1. The van der Waals surface area contributed by atoms with E-state index in [-0.39, 0.29) is 18.6 Å². The number of hydrogen-bond donors (Lipinski definition) is 2. The normalized spacial score (nSPS) is 16.6. The maximum absolute atomic E-state index is 12.3. The Kier molecular flexibility index (Phi) is 5.24. The van der Waals surface area contributed by atoms with E-state index in [1.165, 1.54) is 0 Å². The molecule has 0 spiro atoms. The van der Waals surface area contributed by atoms with Crippen LogP contribution in [0.25, 0.3) is 0 Å². The van der Waals surface area contributed by atoms with Crippen molar-refractivity contribution in [2.24, 2.45) is 0 Å². The molecule has 1 aliphatic heterocycles. The van der Waals surface area contributed by atoms with Crippen molar-refractivity contribution in [1.29, 1.82) is 0 Å². The van der Waals surface area contributed by atoms with Crippen LogP contribution in [-0.2, 0) is 4.74 Å². The van der Waals surface area contributed by atoms with Gasteiger partial charge in [-0.3, -0.25) is 4.79 Å². The van der Waals surface area contributed by atoms with Gasteiger partial charge in [0.25, 0.3) is 5.91 Å². The Bertz CT molecular complexity index is 413. The smallest absolute Gasteiger partial charge is 0.253 e. The molecular formula is C14H19NO3S. The zero-order chi connectivity index (χ0) is 13.7. The lowest BCUT2D eigenvalue weighted by molar-refractivity contribution is -0.00554. The van der Waals surface area contributed by atoms with Crippen molar-refractivity contribution in [3.63, 3.8) is 0 Å². The van der Waals surface area contributed by atoms with Crippen molar-refractivity contribution in [3.05, 3.63) is 29.8 Å². The van der Waals surface area contributed by atoms with E-state index in [2.05, 4.69) is 12.6 Å². The fourth-order valence-corrected chi connectivity index (χ4v) is 2.38. The molecule has 0 aliphatic carbocycles. The summed E-state index contributed by atoms with van der Waals surface area (Å²) in [5.74, 6) is 0.0638. The van der Waals surface area contributed by atoms with Gasteiger partial charge in [-0.1, -0.05) is 0 Å². The number of hydrogen-bond acceptors (Lipinski definition) is 4. The van der Waals surface area contributed by atoms with Gasteiger partial charge in [0, 0.05) is 23.5 Å². The lowest BCUT2D eigenvalue weighted by Gasteiger charge is -2.32. The van der Waals surface area contributed by atoms with Gasteiger partial charge in [-0.2, -0.15) is 0 Å². The third-order valence-electron chi connectivity index (χ3n) is 3.29. The van der Waals surface area contributed by atoms with Crippen LogP contribution in [0, 0.1) is 0 Å². The van der Waals surface area contributed by atoms with Crippen molar-refractivity contribution in [1.82, 2.24) is 4.90 Å². The van der Waals surface area contributed by atoms with Crippen LogP contribution in [0.3, 0.4) is 0 Å². The molecule has 1 N–H and O–H groups in total. The molecule has 0 aromatic heterocycles. The standard InChI is InChI=1S/C14H19NO3S/c16-9-10-18-12-5-7-15(8-6-12)14(17)11-1-3-13(19)4-2-11/h1-4,12,16,19H,5-10H2. The fraction of sp³-hybridized carbons (Fsp3) is 0.500. The number of thiol groups is 1. The number of amides is 1. The summed E-state index contributed by atoms with van der Waals surface area (Å²) in [5.41, 5.74) is 0.701. The molecule has 0 unspecified atom stereocenters. The molecular weight excluding hydrogens is 262 g/mol. The van der Waals surface area contributed by atoms with Crippen LogP contribution in [0.15, 0.2) is 29.2 Å². The number of likely N-dealkylation sites (tertiary alicyclic amines) is 1. The summed E-state index contributed by atoms with van der Waals surface area (Å²) in [6.45, 7) is 1.84. The molecule has 0 saturated carbocycles. The first-order valence-electron chi connectivity index (χ1n) is 6.51. The van der Waals surface area contributed by atoms with Crippen molar-refractivity contribution in [2.45, 2.75) is 23.8 Å². The lowest BCUT2D eigenvalue weighted by Crippen LogP contribution is -2.41. The molecule has 1 aromatic carbocycles. The van der Waals surface area contributed by atoms with Crippen molar-refractivity contribution in [2.75, 3.05) is 26.3 Å². The molecule has 5 heteroatoms. The monoisotopic (exact) mass is 281 g/mol. The molecule has 2 rings (SSSR count). The summed E-state index contributed by atoms with van der Waals surface area (Å²) in [6.07, 6.45) is 1.82. The zero-order valence-electron chi connectivity index (χ0n) is 10.8. The van der Waals surface area contributed by atoms with Gasteiger partial charge in [-0.25, -0.2) is 0 Å². The highest BCUT2D eigenvalue weighted by atomic mass is 32.1. The van der Waals surface area contributed by atoms with E-state index in [0.29, 0.717) is 25.3 Å². The minimum absolute atomic E-state index is 0.0508. The fourth-order valence-electron chi connectivity index (χ4n) is 2.23. The van der Waals surface area contributed by atoms with Crippen molar-refractivity contribution >= 4 is 18.5 Å². The van der Waals surface area contributed by atoms with E-state index in [1.807, 2.05) is 17.0 Å². The second-order valence-corrected chi connectivity index (χ2v) is 5.15. The van der Waals surface area contributed by atoms with Crippen LogP contribution < -0.4 is 0 Å². The second kappa shape index (κ2) is 6.93. The first-order valence-corrected chi connectivity index (χ1v) is 6.96. The number of nitrogens with zero attached hydrogens (tertiary/aromatic N) is 1. The van der Waals surface area contributed by atoms with E-state index in [4.69, 9.17) is 9.84 Å². The summed E-state index contributed by atoms with van der Waals surface area (Å²) in [6, 6.07) is 7.26. The minimum atomic E-state index is 0.0508. The Morgan fingerprint density at radius 3 is 2.53 bits per heavy atom. The number of ether oxygens (including phenoxy) is 1. The summed E-state index contributed by atoms with van der Waals surface area (Å²) in [5, 5.41) is 8.71. The number of rotatable bonds is 4. The number of carbonyl (C=O) groups excluding carboxylic acids is 1. The molecule has 1 aromatic rings. The Morgan fingerprint density at radius 1 is 1.32 bits per heavy atom. The van der Waals surface area contributed by atoms with E-state index in [1.54, 1.807) is 12.1 Å². The van der Waals surface area contributed by atoms with Crippen LogP contribution in [0.4, 0.5) is 0 Å². The van der Waals surface area contributed by atoms with Crippen LogP contribution in [0.2, 0.25) is 0 Å². The third kappa shape index (κ3) is 3.96. The molecule has 19 heavy (non-hydrogen) atoms. The molecule has 4 nitrogen and oxygen atoms in total. The van der Waals surface area contributed by atoms with E-state index in [9.17, 15) is 4.79 Å². The molecule has 1 amide bonds. The largest absolute Gasteiger partial charge is 0.394 e.